The van der Waals surface area contributed by atoms with E-state index in [2.05, 4.69) is 0 Å². The molecule has 2 nitrogen and oxygen atoms in total. The quantitative estimate of drug-likeness (QED) is 0.606. The summed E-state index contributed by atoms with van der Waals surface area (Å²) in [5.74, 6) is 1.16. The monoisotopic (exact) mass is 255 g/mol. The van der Waals surface area contributed by atoms with Crippen LogP contribution in [0.2, 0.25) is 5.02 Å². The van der Waals surface area contributed by atoms with Crippen molar-refractivity contribution in [2.24, 2.45) is 0 Å². The van der Waals surface area contributed by atoms with E-state index in [1.807, 2.05) is 36.4 Å². The van der Waals surface area contributed by atoms with Crippen LogP contribution in [0.15, 0.2) is 60.7 Å². The van der Waals surface area contributed by atoms with Gasteiger partial charge in [0.05, 0.1) is 12.1 Å². The number of hydrogen-bond donors (Lipinski definition) is 0. The molecule has 0 saturated heterocycles. The van der Waals surface area contributed by atoms with Crippen LogP contribution >= 0.6 is 11.6 Å². The number of ether oxygens (including phenoxy) is 1. The molecule has 2 aromatic carbocycles. The molecule has 3 heteroatoms. The van der Waals surface area contributed by atoms with Gasteiger partial charge < -0.3 is 4.74 Å². The van der Waals surface area contributed by atoms with Crippen LogP contribution in [0.25, 0.3) is 5.76 Å². The zero-order chi connectivity index (χ0) is 12.8. The SMILES string of the molecule is N#C/C=C(\Oc1ccc(Cl)cc1)c1ccccc1. The summed E-state index contributed by atoms with van der Waals surface area (Å²) >= 11 is 5.80. The van der Waals surface area contributed by atoms with Crippen molar-refractivity contribution >= 4 is 17.4 Å². The Morgan fingerprint density at radius 2 is 1.72 bits per heavy atom. The molecule has 0 N–H and O–H groups in total. The van der Waals surface area contributed by atoms with Crippen LogP contribution in [0.3, 0.4) is 0 Å². The fourth-order valence-corrected chi connectivity index (χ4v) is 1.59. The van der Waals surface area contributed by atoms with Crippen LogP contribution in [-0.2, 0) is 0 Å². The van der Waals surface area contributed by atoms with Crippen LogP contribution in [0.5, 0.6) is 5.75 Å². The third kappa shape index (κ3) is 3.13. The molecule has 0 aromatic heterocycles. The molecular weight excluding hydrogens is 246 g/mol. The zero-order valence-corrected chi connectivity index (χ0v) is 10.3. The number of halogens is 1. The van der Waals surface area contributed by atoms with Gasteiger partial charge in [-0.2, -0.15) is 5.26 Å². The summed E-state index contributed by atoms with van der Waals surface area (Å²) in [7, 11) is 0. The van der Waals surface area contributed by atoms with Gasteiger partial charge in [-0.3, -0.25) is 0 Å². The molecule has 0 radical (unpaired) electrons. The summed E-state index contributed by atoms with van der Waals surface area (Å²) in [5.41, 5.74) is 0.856. The van der Waals surface area contributed by atoms with Gasteiger partial charge >= 0.3 is 0 Å². The van der Waals surface area contributed by atoms with E-state index in [0.29, 0.717) is 16.5 Å². The number of hydrogen-bond acceptors (Lipinski definition) is 2. The molecule has 2 aromatic rings. The van der Waals surface area contributed by atoms with Gasteiger partial charge in [0.2, 0.25) is 0 Å². The molecule has 0 aliphatic rings. The van der Waals surface area contributed by atoms with Crippen LogP contribution in [-0.4, -0.2) is 0 Å². The molecule has 0 heterocycles. The van der Waals surface area contributed by atoms with Crippen molar-refractivity contribution in [2.45, 2.75) is 0 Å². The van der Waals surface area contributed by atoms with E-state index >= 15 is 0 Å². The van der Waals surface area contributed by atoms with Crippen LogP contribution in [0.4, 0.5) is 0 Å². The van der Waals surface area contributed by atoms with Gasteiger partial charge in [0, 0.05) is 10.6 Å². The van der Waals surface area contributed by atoms with Gasteiger partial charge in [-0.05, 0) is 24.3 Å². The summed E-state index contributed by atoms with van der Waals surface area (Å²) < 4.78 is 5.68. The molecule has 18 heavy (non-hydrogen) atoms. The van der Waals surface area contributed by atoms with Crippen molar-refractivity contribution in [3.8, 4) is 11.8 Å². The first-order chi connectivity index (χ1) is 8.79. The second kappa shape index (κ2) is 5.90. The number of nitriles is 1. The molecule has 0 aliphatic heterocycles. The van der Waals surface area contributed by atoms with Gasteiger partial charge in [-0.15, -0.1) is 0 Å². The lowest BCUT2D eigenvalue weighted by atomic mass is 10.2. The van der Waals surface area contributed by atoms with E-state index in [1.54, 1.807) is 24.3 Å². The molecule has 0 saturated carbocycles. The molecule has 0 amide bonds. The number of nitrogens with zero attached hydrogens (tertiary/aromatic N) is 1. The Labute approximate surface area is 111 Å². The second-order valence-electron chi connectivity index (χ2n) is 3.56. The summed E-state index contributed by atoms with van der Waals surface area (Å²) in [6.07, 6.45) is 1.38. The maximum absolute atomic E-state index is 8.79. The molecule has 0 unspecified atom stereocenters. The Kier molecular flexibility index (Phi) is 4.01. The minimum absolute atomic E-state index is 0.514. The van der Waals surface area contributed by atoms with Crippen molar-refractivity contribution in [2.75, 3.05) is 0 Å². The predicted molar refractivity (Wildman–Crippen MR) is 72.1 cm³/mol. The van der Waals surface area contributed by atoms with Gasteiger partial charge in [-0.25, -0.2) is 0 Å². The van der Waals surface area contributed by atoms with Crippen molar-refractivity contribution in [3.05, 3.63) is 71.3 Å². The smallest absolute Gasteiger partial charge is 0.145 e. The summed E-state index contributed by atoms with van der Waals surface area (Å²) in [4.78, 5) is 0. The fraction of sp³-hybridized carbons (Fsp3) is 0. The standard InChI is InChI=1S/C15H10ClNO/c16-13-6-8-14(9-7-13)18-15(10-11-17)12-4-2-1-3-5-12/h1-10H/b15-10-. The Morgan fingerprint density at radius 3 is 2.33 bits per heavy atom. The van der Waals surface area contributed by atoms with E-state index in [9.17, 15) is 0 Å². The van der Waals surface area contributed by atoms with Gasteiger partial charge in [0.1, 0.15) is 11.5 Å². The summed E-state index contributed by atoms with van der Waals surface area (Å²) in [5, 5.41) is 9.44. The van der Waals surface area contributed by atoms with Crippen LogP contribution < -0.4 is 4.74 Å². The fourth-order valence-electron chi connectivity index (χ4n) is 1.46. The topological polar surface area (TPSA) is 33.0 Å². The highest BCUT2D eigenvalue weighted by atomic mass is 35.5. The minimum atomic E-state index is 0.514. The maximum Gasteiger partial charge on any atom is 0.145 e. The molecule has 0 bridgehead atoms. The first-order valence-corrected chi connectivity index (χ1v) is 5.76. The average molecular weight is 256 g/mol. The lowest BCUT2D eigenvalue weighted by molar-refractivity contribution is 0.515. The number of rotatable bonds is 3. The van der Waals surface area contributed by atoms with Crippen LogP contribution in [0, 0.1) is 11.3 Å². The van der Waals surface area contributed by atoms with E-state index in [-0.39, 0.29) is 0 Å². The van der Waals surface area contributed by atoms with Crippen molar-refractivity contribution in [3.63, 3.8) is 0 Å². The second-order valence-corrected chi connectivity index (χ2v) is 4.00. The van der Waals surface area contributed by atoms with Crippen molar-refractivity contribution in [1.29, 1.82) is 5.26 Å². The van der Waals surface area contributed by atoms with E-state index in [0.717, 1.165) is 5.56 Å². The highest BCUT2D eigenvalue weighted by molar-refractivity contribution is 6.30. The van der Waals surface area contributed by atoms with E-state index in [1.165, 1.54) is 6.08 Å². The van der Waals surface area contributed by atoms with Crippen molar-refractivity contribution in [1.82, 2.24) is 0 Å². The van der Waals surface area contributed by atoms with E-state index in [4.69, 9.17) is 21.6 Å². The lowest BCUT2D eigenvalue weighted by Crippen LogP contribution is -1.94. The molecular formula is C15H10ClNO. The largest absolute Gasteiger partial charge is 0.456 e. The molecule has 88 valence electrons. The predicted octanol–water partition coefficient (Wildman–Crippen LogP) is 4.28. The first-order valence-electron chi connectivity index (χ1n) is 5.38. The highest BCUT2D eigenvalue weighted by Crippen LogP contribution is 2.22. The molecule has 0 aliphatic carbocycles. The maximum atomic E-state index is 8.79. The average Bonchev–Trinajstić information content (AvgIpc) is 2.42. The molecule has 0 atom stereocenters. The minimum Gasteiger partial charge on any atom is -0.456 e. The highest BCUT2D eigenvalue weighted by Gasteiger charge is 2.03. The zero-order valence-electron chi connectivity index (χ0n) is 9.51. The molecule has 0 fully saturated rings. The van der Waals surface area contributed by atoms with E-state index < -0.39 is 0 Å². The Morgan fingerprint density at radius 1 is 1.06 bits per heavy atom. The van der Waals surface area contributed by atoms with Gasteiger partial charge in [-0.1, -0.05) is 41.9 Å². The third-order valence-corrected chi connectivity index (χ3v) is 2.55. The third-order valence-electron chi connectivity index (χ3n) is 2.30. The summed E-state index contributed by atoms with van der Waals surface area (Å²) in [6.45, 7) is 0. The molecule has 0 spiro atoms. The first kappa shape index (κ1) is 12.2. The van der Waals surface area contributed by atoms with Gasteiger partial charge in [0.25, 0.3) is 0 Å². The van der Waals surface area contributed by atoms with Crippen molar-refractivity contribution < 1.29 is 4.74 Å². The lowest BCUT2D eigenvalue weighted by Gasteiger charge is -2.09. The van der Waals surface area contributed by atoms with Crippen LogP contribution in [0.1, 0.15) is 5.56 Å². The number of allylic oxidation sites excluding steroid dienone is 1. The number of benzene rings is 2. The Balaban J connectivity index is 2.26. The summed E-state index contributed by atoms with van der Waals surface area (Å²) in [6, 6.07) is 18.5. The Hall–Kier alpha value is -2.24. The van der Waals surface area contributed by atoms with Gasteiger partial charge in [0.15, 0.2) is 0 Å². The Bertz CT molecular complexity index is 582. The molecule has 2 rings (SSSR count). The normalized spacial score (nSPS) is 10.8.